The van der Waals surface area contributed by atoms with Crippen molar-refractivity contribution in [1.82, 2.24) is 5.32 Å². The van der Waals surface area contributed by atoms with Gasteiger partial charge in [-0.1, -0.05) is 42.6 Å². The van der Waals surface area contributed by atoms with E-state index in [0.717, 1.165) is 19.3 Å². The van der Waals surface area contributed by atoms with E-state index < -0.39 is 15.9 Å². The lowest BCUT2D eigenvalue weighted by Gasteiger charge is -2.16. The fourth-order valence-electron chi connectivity index (χ4n) is 3.26. The molecule has 1 atom stereocenters. The van der Waals surface area contributed by atoms with Crippen LogP contribution in [-0.4, -0.2) is 26.3 Å². The number of benzene rings is 2. The highest BCUT2D eigenvalue weighted by Gasteiger charge is 2.26. The second-order valence-corrected chi connectivity index (χ2v) is 9.56. The number of hydrogen-bond donors (Lipinski definition) is 3. The van der Waals surface area contributed by atoms with Crippen molar-refractivity contribution in [1.29, 1.82) is 0 Å². The summed E-state index contributed by atoms with van der Waals surface area (Å²) in [7, 11) is -4.18. The van der Waals surface area contributed by atoms with Crippen molar-refractivity contribution in [3.63, 3.8) is 0 Å². The Kier molecular flexibility index (Phi) is 6.80. The highest BCUT2D eigenvalue weighted by Crippen LogP contribution is 2.33. The summed E-state index contributed by atoms with van der Waals surface area (Å²) in [6.45, 7) is 1.89. The number of carbonyl (C=O) groups is 2. The highest BCUT2D eigenvalue weighted by atomic mass is 35.5. The Bertz CT molecular complexity index is 1070. The Balaban J connectivity index is 1.76. The molecule has 1 fully saturated rings. The second-order valence-electron chi connectivity index (χ2n) is 7.63. The molecule has 1 aliphatic rings. The number of sulfonamides is 1. The first kappa shape index (κ1) is 22.3. The van der Waals surface area contributed by atoms with Gasteiger partial charge < -0.3 is 10.6 Å². The summed E-state index contributed by atoms with van der Waals surface area (Å²) in [5, 5.41) is 11.2. The average Bonchev–Trinajstić information content (AvgIpc) is 3.46. The van der Waals surface area contributed by atoms with Gasteiger partial charge in [-0.3, -0.25) is 9.59 Å². The number of amides is 2. The first-order valence-electron chi connectivity index (χ1n) is 9.64. The molecule has 2 aromatic carbocycles. The lowest BCUT2D eigenvalue weighted by atomic mass is 10.1. The number of carbonyl (C=O) groups excluding carboxylic acids is 2. The van der Waals surface area contributed by atoms with E-state index in [2.05, 4.69) is 10.6 Å². The fourth-order valence-corrected chi connectivity index (χ4v) is 4.22. The third-order valence-electron chi connectivity index (χ3n) is 4.89. The van der Waals surface area contributed by atoms with Gasteiger partial charge in [-0.2, -0.15) is 0 Å². The Labute approximate surface area is 181 Å². The summed E-state index contributed by atoms with van der Waals surface area (Å²) in [6, 6.07) is 10.9. The summed E-state index contributed by atoms with van der Waals surface area (Å²) < 4.78 is 24.1. The maximum absolute atomic E-state index is 12.6. The number of halogens is 1. The minimum atomic E-state index is -4.18. The van der Waals surface area contributed by atoms with Gasteiger partial charge in [-0.25, -0.2) is 13.6 Å². The molecule has 7 nitrogen and oxygen atoms in total. The van der Waals surface area contributed by atoms with Gasteiger partial charge in [0, 0.05) is 16.8 Å². The number of anilines is 1. The SMILES string of the molecule is CC(CC1CC1)NC(=O)c1ccc(NC(=O)Cc2ccccc2Cl)cc1S(N)(=O)=O. The molecular weight excluding hydrogens is 426 g/mol. The zero-order chi connectivity index (χ0) is 21.9. The van der Waals surface area contributed by atoms with E-state index >= 15 is 0 Å². The Hall–Kier alpha value is -2.42. The first-order valence-corrected chi connectivity index (χ1v) is 11.6. The van der Waals surface area contributed by atoms with Gasteiger partial charge in [-0.15, -0.1) is 0 Å². The Morgan fingerprint density at radius 1 is 1.20 bits per heavy atom. The predicted molar refractivity (Wildman–Crippen MR) is 116 cm³/mol. The molecule has 160 valence electrons. The van der Waals surface area contributed by atoms with Gasteiger partial charge in [0.25, 0.3) is 5.91 Å². The van der Waals surface area contributed by atoms with Gasteiger partial charge in [0.15, 0.2) is 0 Å². The maximum Gasteiger partial charge on any atom is 0.252 e. The fraction of sp³-hybridized carbons (Fsp3) is 0.333. The van der Waals surface area contributed by atoms with E-state index in [1.165, 1.54) is 18.2 Å². The monoisotopic (exact) mass is 449 g/mol. The molecule has 1 aliphatic carbocycles. The van der Waals surface area contributed by atoms with Gasteiger partial charge in [-0.05, 0) is 49.1 Å². The molecule has 30 heavy (non-hydrogen) atoms. The molecule has 0 aromatic heterocycles. The number of hydrogen-bond acceptors (Lipinski definition) is 4. The summed E-state index contributed by atoms with van der Waals surface area (Å²) in [6.07, 6.45) is 3.19. The molecule has 0 aliphatic heterocycles. The minimum Gasteiger partial charge on any atom is -0.350 e. The standard InChI is InChI=1S/C21H24ClN3O4S/c1-13(10-14-6-7-14)24-21(27)17-9-8-16(12-19(17)30(23,28)29)25-20(26)11-15-4-2-3-5-18(15)22/h2-5,8-9,12-14H,6-7,10-11H2,1H3,(H,24,27)(H,25,26)(H2,23,28,29). The van der Waals surface area contributed by atoms with Crippen LogP contribution in [-0.2, 0) is 21.2 Å². The van der Waals surface area contributed by atoms with E-state index in [-0.39, 0.29) is 34.5 Å². The molecule has 1 saturated carbocycles. The highest BCUT2D eigenvalue weighted by molar-refractivity contribution is 7.89. The van der Waals surface area contributed by atoms with Crippen LogP contribution in [0.3, 0.4) is 0 Å². The van der Waals surface area contributed by atoms with Gasteiger partial charge in [0.2, 0.25) is 15.9 Å². The van der Waals surface area contributed by atoms with Crippen LogP contribution < -0.4 is 15.8 Å². The Morgan fingerprint density at radius 3 is 2.53 bits per heavy atom. The number of nitrogens with two attached hydrogens (primary N) is 1. The summed E-state index contributed by atoms with van der Waals surface area (Å²) in [4.78, 5) is 24.6. The summed E-state index contributed by atoms with van der Waals surface area (Å²) in [5.41, 5.74) is 0.812. The topological polar surface area (TPSA) is 118 Å². The van der Waals surface area contributed by atoms with E-state index in [1.54, 1.807) is 24.3 Å². The molecule has 0 bridgehead atoms. The summed E-state index contributed by atoms with van der Waals surface area (Å²) >= 11 is 6.07. The number of nitrogens with one attached hydrogen (secondary N) is 2. The van der Waals surface area contributed by atoms with Crippen molar-refractivity contribution in [2.45, 2.75) is 43.5 Å². The predicted octanol–water partition coefficient (Wildman–Crippen LogP) is 3.09. The molecule has 0 radical (unpaired) electrons. The van der Waals surface area contributed by atoms with Crippen molar-refractivity contribution < 1.29 is 18.0 Å². The smallest absolute Gasteiger partial charge is 0.252 e. The van der Waals surface area contributed by atoms with E-state index in [9.17, 15) is 18.0 Å². The van der Waals surface area contributed by atoms with Crippen molar-refractivity contribution in [3.05, 3.63) is 58.6 Å². The van der Waals surface area contributed by atoms with Crippen molar-refractivity contribution in [2.24, 2.45) is 11.1 Å². The van der Waals surface area contributed by atoms with Gasteiger partial charge >= 0.3 is 0 Å². The maximum atomic E-state index is 12.6. The zero-order valence-electron chi connectivity index (χ0n) is 16.5. The van der Waals surface area contributed by atoms with Crippen LogP contribution in [0.15, 0.2) is 47.4 Å². The van der Waals surface area contributed by atoms with Crippen LogP contribution in [0.4, 0.5) is 5.69 Å². The molecule has 9 heteroatoms. The van der Waals surface area contributed by atoms with Crippen LogP contribution in [0, 0.1) is 5.92 Å². The van der Waals surface area contributed by atoms with E-state index in [1.807, 2.05) is 6.92 Å². The molecule has 2 amide bonds. The van der Waals surface area contributed by atoms with Gasteiger partial charge in [0.05, 0.1) is 16.9 Å². The number of rotatable bonds is 8. The molecule has 0 heterocycles. The van der Waals surface area contributed by atoms with Gasteiger partial charge in [0.1, 0.15) is 0 Å². The van der Waals surface area contributed by atoms with Crippen LogP contribution in [0.5, 0.6) is 0 Å². The van der Waals surface area contributed by atoms with E-state index in [4.69, 9.17) is 16.7 Å². The van der Waals surface area contributed by atoms with Crippen molar-refractivity contribution in [3.8, 4) is 0 Å². The Morgan fingerprint density at radius 2 is 1.90 bits per heavy atom. The molecular formula is C21H24ClN3O4S. The molecule has 0 saturated heterocycles. The molecule has 0 spiro atoms. The van der Waals surface area contributed by atoms with Crippen LogP contribution >= 0.6 is 11.6 Å². The quantitative estimate of drug-likeness (QED) is 0.573. The molecule has 2 aromatic rings. The van der Waals surface area contributed by atoms with Crippen molar-refractivity contribution in [2.75, 3.05) is 5.32 Å². The number of primary sulfonamides is 1. The molecule has 3 rings (SSSR count). The second kappa shape index (κ2) is 9.16. The minimum absolute atomic E-state index is 0.0191. The summed E-state index contributed by atoms with van der Waals surface area (Å²) in [5.74, 6) is -0.270. The molecule has 4 N–H and O–H groups in total. The van der Waals surface area contributed by atoms with Crippen LogP contribution in [0.1, 0.15) is 42.1 Å². The van der Waals surface area contributed by atoms with Crippen molar-refractivity contribution >= 4 is 39.1 Å². The van der Waals surface area contributed by atoms with Crippen LogP contribution in [0.25, 0.3) is 0 Å². The zero-order valence-corrected chi connectivity index (χ0v) is 18.1. The van der Waals surface area contributed by atoms with Crippen LogP contribution in [0.2, 0.25) is 5.02 Å². The lowest BCUT2D eigenvalue weighted by Crippen LogP contribution is -2.34. The molecule has 1 unspecified atom stereocenters. The van der Waals surface area contributed by atoms with E-state index in [0.29, 0.717) is 16.5 Å². The third kappa shape index (κ3) is 6.04. The third-order valence-corrected chi connectivity index (χ3v) is 6.21. The normalized spacial score (nSPS) is 14.8. The average molecular weight is 450 g/mol. The first-order chi connectivity index (χ1) is 14.1. The lowest BCUT2D eigenvalue weighted by molar-refractivity contribution is -0.115. The largest absolute Gasteiger partial charge is 0.350 e.